The van der Waals surface area contributed by atoms with Gasteiger partial charge in [-0.2, -0.15) is 0 Å². The van der Waals surface area contributed by atoms with Crippen LogP contribution in [0.1, 0.15) is 11.5 Å². The summed E-state index contributed by atoms with van der Waals surface area (Å²) >= 11 is 1.20. The van der Waals surface area contributed by atoms with Gasteiger partial charge in [0.1, 0.15) is 11.6 Å². The third-order valence-electron chi connectivity index (χ3n) is 1.91. The Bertz CT molecular complexity index is 498. The molecule has 0 atom stereocenters. The van der Waals surface area contributed by atoms with Crippen LogP contribution < -0.4 is 5.73 Å². The number of nitrogens with two attached hydrogens (primary N) is 1. The second-order valence-electron chi connectivity index (χ2n) is 3.23. The smallest absolute Gasteiger partial charge is 0.276 e. The van der Waals surface area contributed by atoms with E-state index in [2.05, 4.69) is 10.2 Å². The highest BCUT2D eigenvalue weighted by molar-refractivity contribution is 7.98. The quantitative estimate of drug-likeness (QED) is 0.850. The van der Waals surface area contributed by atoms with Crippen LogP contribution in [0, 0.1) is 11.6 Å². The van der Waals surface area contributed by atoms with Gasteiger partial charge in [-0.1, -0.05) is 11.8 Å². The fraction of sp³-hybridized carbons (Fsp3) is 0.200. The number of thioether (sulfide) groups is 1. The summed E-state index contributed by atoms with van der Waals surface area (Å²) < 4.78 is 30.9. The molecule has 0 bridgehead atoms. The highest BCUT2D eigenvalue weighted by atomic mass is 32.2. The lowest BCUT2D eigenvalue weighted by Crippen LogP contribution is -1.95. The number of rotatable bonds is 4. The zero-order chi connectivity index (χ0) is 12.3. The van der Waals surface area contributed by atoms with Gasteiger partial charge in [0.05, 0.1) is 6.54 Å². The van der Waals surface area contributed by atoms with E-state index in [1.807, 2.05) is 0 Å². The predicted molar refractivity (Wildman–Crippen MR) is 58.1 cm³/mol. The van der Waals surface area contributed by atoms with Crippen LogP contribution in [0.3, 0.4) is 0 Å². The molecule has 2 rings (SSSR count). The van der Waals surface area contributed by atoms with Gasteiger partial charge >= 0.3 is 0 Å². The van der Waals surface area contributed by atoms with Crippen molar-refractivity contribution in [2.24, 2.45) is 5.73 Å². The molecule has 0 saturated heterocycles. The molecule has 0 unspecified atom stereocenters. The first-order valence-electron chi connectivity index (χ1n) is 4.77. The summed E-state index contributed by atoms with van der Waals surface area (Å²) in [7, 11) is 0. The molecule has 0 saturated carbocycles. The summed E-state index contributed by atoms with van der Waals surface area (Å²) in [6, 6.07) is 3.35. The molecule has 90 valence electrons. The Morgan fingerprint density at radius 3 is 2.47 bits per heavy atom. The monoisotopic (exact) mass is 257 g/mol. The summed E-state index contributed by atoms with van der Waals surface area (Å²) in [5, 5.41) is 7.73. The van der Waals surface area contributed by atoms with E-state index in [9.17, 15) is 8.78 Å². The van der Waals surface area contributed by atoms with Crippen molar-refractivity contribution >= 4 is 11.8 Å². The molecular weight excluding hydrogens is 248 g/mol. The van der Waals surface area contributed by atoms with E-state index in [4.69, 9.17) is 10.2 Å². The fourth-order valence-corrected chi connectivity index (χ4v) is 1.93. The number of hydrogen-bond acceptors (Lipinski definition) is 5. The molecule has 0 aliphatic carbocycles. The molecule has 0 amide bonds. The van der Waals surface area contributed by atoms with E-state index < -0.39 is 11.6 Å². The minimum atomic E-state index is -0.603. The lowest BCUT2D eigenvalue weighted by atomic mass is 10.2. The van der Waals surface area contributed by atoms with Gasteiger partial charge in [0.25, 0.3) is 5.22 Å². The summed E-state index contributed by atoms with van der Waals surface area (Å²) in [4.78, 5) is 0. The van der Waals surface area contributed by atoms with Crippen LogP contribution in [-0.4, -0.2) is 10.2 Å². The van der Waals surface area contributed by atoms with Crippen LogP contribution in [0.5, 0.6) is 0 Å². The standard InChI is InChI=1S/C10H9F2N3OS/c11-7-1-6(2-8(12)3-7)5-17-10-15-14-9(4-13)16-10/h1-3H,4-5,13H2. The SMILES string of the molecule is NCc1nnc(SCc2cc(F)cc(F)c2)o1. The molecule has 0 spiro atoms. The van der Waals surface area contributed by atoms with Crippen molar-refractivity contribution in [2.45, 2.75) is 17.5 Å². The third-order valence-corrected chi connectivity index (χ3v) is 2.80. The van der Waals surface area contributed by atoms with Crippen molar-refractivity contribution in [2.75, 3.05) is 0 Å². The first kappa shape index (κ1) is 12.0. The van der Waals surface area contributed by atoms with Gasteiger partial charge in [0.2, 0.25) is 5.89 Å². The summed E-state index contributed by atoms with van der Waals surface area (Å²) in [5.41, 5.74) is 5.82. The Morgan fingerprint density at radius 2 is 1.88 bits per heavy atom. The molecule has 7 heteroatoms. The maximum atomic E-state index is 12.9. The van der Waals surface area contributed by atoms with Gasteiger partial charge in [-0.25, -0.2) is 8.78 Å². The van der Waals surface area contributed by atoms with E-state index in [0.29, 0.717) is 22.4 Å². The first-order valence-corrected chi connectivity index (χ1v) is 5.76. The molecule has 0 aliphatic rings. The lowest BCUT2D eigenvalue weighted by molar-refractivity contribution is 0.414. The van der Waals surface area contributed by atoms with Crippen LogP contribution >= 0.6 is 11.8 Å². The van der Waals surface area contributed by atoms with Crippen molar-refractivity contribution in [3.05, 3.63) is 41.3 Å². The molecule has 4 nitrogen and oxygen atoms in total. The van der Waals surface area contributed by atoms with E-state index in [1.54, 1.807) is 0 Å². The average molecular weight is 257 g/mol. The summed E-state index contributed by atoms with van der Waals surface area (Å²) in [5.74, 6) is -0.526. The molecule has 0 fully saturated rings. The molecular formula is C10H9F2N3OS. The Hall–Kier alpha value is -1.47. The zero-order valence-electron chi connectivity index (χ0n) is 8.69. The largest absolute Gasteiger partial charge is 0.415 e. The Morgan fingerprint density at radius 1 is 1.18 bits per heavy atom. The summed E-state index contributed by atoms with van der Waals surface area (Å²) in [6.07, 6.45) is 0. The molecule has 1 aromatic heterocycles. The van der Waals surface area contributed by atoms with E-state index in [-0.39, 0.29) is 6.54 Å². The highest BCUT2D eigenvalue weighted by Crippen LogP contribution is 2.22. The van der Waals surface area contributed by atoms with Crippen LogP contribution in [0.15, 0.2) is 27.8 Å². The molecule has 1 heterocycles. The number of aromatic nitrogens is 2. The van der Waals surface area contributed by atoms with E-state index in [0.717, 1.165) is 6.07 Å². The number of benzene rings is 1. The van der Waals surface area contributed by atoms with Crippen molar-refractivity contribution < 1.29 is 13.2 Å². The predicted octanol–water partition coefficient (Wildman–Crippen LogP) is 2.10. The van der Waals surface area contributed by atoms with Crippen LogP contribution in [0.25, 0.3) is 0 Å². The van der Waals surface area contributed by atoms with Crippen molar-refractivity contribution in [3.8, 4) is 0 Å². The minimum absolute atomic E-state index is 0.169. The first-order chi connectivity index (χ1) is 8.17. The molecule has 1 aromatic carbocycles. The highest BCUT2D eigenvalue weighted by Gasteiger charge is 2.07. The van der Waals surface area contributed by atoms with Gasteiger partial charge in [-0.15, -0.1) is 10.2 Å². The van der Waals surface area contributed by atoms with Crippen molar-refractivity contribution in [3.63, 3.8) is 0 Å². The third kappa shape index (κ3) is 3.24. The Balaban J connectivity index is 2.01. The van der Waals surface area contributed by atoms with Gasteiger partial charge in [0, 0.05) is 11.8 Å². The van der Waals surface area contributed by atoms with E-state index in [1.165, 1.54) is 23.9 Å². The fourth-order valence-electron chi connectivity index (χ4n) is 1.22. The molecule has 2 N–H and O–H groups in total. The minimum Gasteiger partial charge on any atom is -0.415 e. The topological polar surface area (TPSA) is 64.9 Å². The number of halogens is 2. The average Bonchev–Trinajstić information content (AvgIpc) is 2.73. The molecule has 0 radical (unpaired) electrons. The van der Waals surface area contributed by atoms with Crippen LogP contribution in [0.2, 0.25) is 0 Å². The van der Waals surface area contributed by atoms with Crippen molar-refractivity contribution in [1.82, 2.24) is 10.2 Å². The van der Waals surface area contributed by atoms with Gasteiger partial charge in [0.15, 0.2) is 0 Å². The maximum Gasteiger partial charge on any atom is 0.276 e. The van der Waals surface area contributed by atoms with Crippen molar-refractivity contribution in [1.29, 1.82) is 0 Å². The Labute approximate surface area is 100 Å². The second kappa shape index (κ2) is 5.24. The molecule has 17 heavy (non-hydrogen) atoms. The summed E-state index contributed by atoms with van der Waals surface area (Å²) in [6.45, 7) is 0.169. The normalized spacial score (nSPS) is 10.8. The van der Waals surface area contributed by atoms with Gasteiger partial charge in [-0.3, -0.25) is 0 Å². The zero-order valence-corrected chi connectivity index (χ0v) is 9.51. The van der Waals surface area contributed by atoms with Gasteiger partial charge in [-0.05, 0) is 17.7 Å². The lowest BCUT2D eigenvalue weighted by Gasteiger charge is -1.99. The van der Waals surface area contributed by atoms with E-state index >= 15 is 0 Å². The van der Waals surface area contributed by atoms with Crippen LogP contribution in [-0.2, 0) is 12.3 Å². The second-order valence-corrected chi connectivity index (χ2v) is 4.16. The van der Waals surface area contributed by atoms with Gasteiger partial charge < -0.3 is 10.2 Å². The number of nitrogens with zero attached hydrogens (tertiary/aromatic N) is 2. The molecule has 2 aromatic rings. The molecule has 0 aliphatic heterocycles. The van der Waals surface area contributed by atoms with Crippen LogP contribution in [0.4, 0.5) is 8.78 Å². The number of hydrogen-bond donors (Lipinski definition) is 1. The Kier molecular flexibility index (Phi) is 3.70. The maximum absolute atomic E-state index is 12.9.